The van der Waals surface area contributed by atoms with E-state index >= 15 is 0 Å². The van der Waals surface area contributed by atoms with Gasteiger partial charge in [0.2, 0.25) is 0 Å². The maximum absolute atomic E-state index is 12.2. The highest BCUT2D eigenvalue weighted by Crippen LogP contribution is 2.29. The van der Waals surface area contributed by atoms with E-state index in [1.165, 1.54) is 14.2 Å². The van der Waals surface area contributed by atoms with Gasteiger partial charge in [-0.1, -0.05) is 41.9 Å². The lowest BCUT2D eigenvalue weighted by Crippen LogP contribution is -2.35. The van der Waals surface area contributed by atoms with Crippen LogP contribution in [-0.4, -0.2) is 26.2 Å². The molecule has 5 nitrogen and oxygen atoms in total. The molecule has 2 rings (SSSR count). The Kier molecular flexibility index (Phi) is 6.21. The number of esters is 2. The Balaban J connectivity index is 2.42. The number of halogens is 1. The molecule has 0 fully saturated rings. The zero-order chi connectivity index (χ0) is 17.5. The third kappa shape index (κ3) is 4.26. The molecule has 0 radical (unpaired) electrons. The minimum atomic E-state index is -1.14. The second-order valence-electron chi connectivity index (χ2n) is 5.06. The molecule has 1 N–H and O–H groups in total. The molecule has 2 aromatic carbocycles. The van der Waals surface area contributed by atoms with Gasteiger partial charge in [0.05, 0.1) is 20.3 Å². The van der Waals surface area contributed by atoms with Crippen LogP contribution in [0.1, 0.15) is 11.6 Å². The number of carbonyl (C=O) groups excluding carboxylic acids is 2. The summed E-state index contributed by atoms with van der Waals surface area (Å²) >= 11 is 5.90. The molecule has 0 aliphatic heterocycles. The molecule has 6 heteroatoms. The monoisotopic (exact) mass is 347 g/mol. The molecular formula is C18H18ClNO4. The van der Waals surface area contributed by atoms with Gasteiger partial charge in [0.15, 0.2) is 5.92 Å². The van der Waals surface area contributed by atoms with E-state index in [0.717, 1.165) is 5.56 Å². The minimum Gasteiger partial charge on any atom is -0.468 e. The molecular weight excluding hydrogens is 330 g/mol. The Hall–Kier alpha value is -2.53. The largest absolute Gasteiger partial charge is 0.468 e. The van der Waals surface area contributed by atoms with Crippen LogP contribution in [0.5, 0.6) is 0 Å². The molecule has 1 atom stereocenters. The molecule has 0 saturated heterocycles. The van der Waals surface area contributed by atoms with Gasteiger partial charge in [0, 0.05) is 10.7 Å². The summed E-state index contributed by atoms with van der Waals surface area (Å²) in [6.07, 6.45) is 0. The van der Waals surface area contributed by atoms with Crippen LogP contribution in [0.25, 0.3) is 0 Å². The van der Waals surface area contributed by atoms with Gasteiger partial charge in [-0.05, 0) is 29.8 Å². The first-order chi connectivity index (χ1) is 11.6. The summed E-state index contributed by atoms with van der Waals surface area (Å²) in [7, 11) is 2.48. The first-order valence-electron chi connectivity index (χ1n) is 7.29. The number of nitrogens with one attached hydrogen (secondary N) is 1. The van der Waals surface area contributed by atoms with Crippen molar-refractivity contribution < 1.29 is 19.1 Å². The van der Waals surface area contributed by atoms with Crippen LogP contribution in [0.15, 0.2) is 54.6 Å². The average molecular weight is 348 g/mol. The van der Waals surface area contributed by atoms with Crippen molar-refractivity contribution in [1.29, 1.82) is 0 Å². The Morgan fingerprint density at radius 3 is 1.96 bits per heavy atom. The lowest BCUT2D eigenvalue weighted by Gasteiger charge is -2.26. The average Bonchev–Trinajstić information content (AvgIpc) is 2.63. The molecule has 0 aliphatic rings. The highest BCUT2D eigenvalue weighted by Gasteiger charge is 2.38. The fraction of sp³-hybridized carbons (Fsp3) is 0.222. The molecule has 0 bridgehead atoms. The number of ether oxygens (including phenoxy) is 2. The third-order valence-electron chi connectivity index (χ3n) is 3.57. The van der Waals surface area contributed by atoms with Gasteiger partial charge < -0.3 is 14.8 Å². The van der Waals surface area contributed by atoms with E-state index in [-0.39, 0.29) is 0 Å². The number of carbonyl (C=O) groups is 2. The number of benzene rings is 2. The number of methoxy groups -OCH3 is 2. The molecule has 0 spiro atoms. The van der Waals surface area contributed by atoms with Crippen molar-refractivity contribution in [1.82, 2.24) is 0 Å². The van der Waals surface area contributed by atoms with E-state index in [0.29, 0.717) is 10.7 Å². The lowest BCUT2D eigenvalue weighted by atomic mass is 9.92. The second-order valence-corrected chi connectivity index (χ2v) is 5.50. The Bertz CT molecular complexity index is 672. The molecule has 0 aromatic heterocycles. The van der Waals surface area contributed by atoms with Crippen molar-refractivity contribution in [3.63, 3.8) is 0 Å². The van der Waals surface area contributed by atoms with Gasteiger partial charge in [0.25, 0.3) is 0 Å². The number of anilines is 1. The smallest absolute Gasteiger partial charge is 0.322 e. The molecule has 126 valence electrons. The highest BCUT2D eigenvalue weighted by molar-refractivity contribution is 6.30. The summed E-state index contributed by atoms with van der Waals surface area (Å²) < 4.78 is 9.59. The van der Waals surface area contributed by atoms with Gasteiger partial charge >= 0.3 is 11.9 Å². The van der Waals surface area contributed by atoms with E-state index in [2.05, 4.69) is 5.32 Å². The number of rotatable bonds is 6. The van der Waals surface area contributed by atoms with Crippen molar-refractivity contribution in [2.24, 2.45) is 5.92 Å². The number of hydrogen-bond acceptors (Lipinski definition) is 5. The van der Waals surface area contributed by atoms with Crippen LogP contribution in [0.3, 0.4) is 0 Å². The topological polar surface area (TPSA) is 64.6 Å². The van der Waals surface area contributed by atoms with E-state index in [1.54, 1.807) is 24.3 Å². The van der Waals surface area contributed by atoms with Crippen LogP contribution in [0.4, 0.5) is 5.69 Å². The number of hydrogen-bond donors (Lipinski definition) is 1. The Labute approximate surface area is 145 Å². The highest BCUT2D eigenvalue weighted by atomic mass is 35.5. The van der Waals surface area contributed by atoms with Crippen molar-refractivity contribution >= 4 is 29.2 Å². The van der Waals surface area contributed by atoms with E-state index in [9.17, 15) is 9.59 Å². The van der Waals surface area contributed by atoms with E-state index < -0.39 is 23.9 Å². The normalized spacial score (nSPS) is 11.7. The van der Waals surface area contributed by atoms with Gasteiger partial charge in [-0.3, -0.25) is 9.59 Å². The summed E-state index contributed by atoms with van der Waals surface area (Å²) in [6.45, 7) is 0. The minimum absolute atomic E-state index is 0.592. The lowest BCUT2D eigenvalue weighted by molar-refractivity contribution is -0.159. The van der Waals surface area contributed by atoms with Crippen LogP contribution in [0, 0.1) is 5.92 Å². The molecule has 0 aliphatic carbocycles. The van der Waals surface area contributed by atoms with Gasteiger partial charge in [-0.15, -0.1) is 0 Å². The van der Waals surface area contributed by atoms with Crippen molar-refractivity contribution in [3.8, 4) is 0 Å². The maximum atomic E-state index is 12.2. The molecule has 0 unspecified atom stereocenters. The summed E-state index contributed by atoms with van der Waals surface area (Å²) in [5, 5.41) is 3.78. The van der Waals surface area contributed by atoms with Crippen LogP contribution in [-0.2, 0) is 19.1 Å². The fourth-order valence-electron chi connectivity index (χ4n) is 2.37. The predicted octanol–water partition coefficient (Wildman–Crippen LogP) is 3.46. The Morgan fingerprint density at radius 1 is 0.917 bits per heavy atom. The zero-order valence-electron chi connectivity index (χ0n) is 13.4. The van der Waals surface area contributed by atoms with E-state index in [4.69, 9.17) is 21.1 Å². The van der Waals surface area contributed by atoms with Crippen LogP contribution in [0.2, 0.25) is 5.02 Å². The zero-order valence-corrected chi connectivity index (χ0v) is 14.1. The first kappa shape index (κ1) is 17.8. The fourth-order valence-corrected chi connectivity index (χ4v) is 2.49. The first-order valence-corrected chi connectivity index (χ1v) is 7.67. The molecule has 0 saturated carbocycles. The second kappa shape index (κ2) is 8.36. The molecule has 0 amide bonds. The standard InChI is InChI=1S/C18H18ClNO4/c1-23-17(21)15(18(22)24-2)16(12-6-4-3-5-7-12)20-14-10-8-13(19)9-11-14/h3-11,15-16,20H,1-2H3/t16-/m0/s1. The predicted molar refractivity (Wildman–Crippen MR) is 91.8 cm³/mol. The molecule has 0 heterocycles. The van der Waals surface area contributed by atoms with Gasteiger partial charge in [0.1, 0.15) is 0 Å². The molecule has 24 heavy (non-hydrogen) atoms. The van der Waals surface area contributed by atoms with Crippen molar-refractivity contribution in [2.45, 2.75) is 6.04 Å². The van der Waals surface area contributed by atoms with Gasteiger partial charge in [-0.25, -0.2) is 0 Å². The molecule has 2 aromatic rings. The van der Waals surface area contributed by atoms with Crippen molar-refractivity contribution in [2.75, 3.05) is 19.5 Å². The summed E-state index contributed by atoms with van der Waals surface area (Å²) in [5.74, 6) is -2.48. The maximum Gasteiger partial charge on any atom is 0.322 e. The van der Waals surface area contributed by atoms with Gasteiger partial charge in [-0.2, -0.15) is 0 Å². The van der Waals surface area contributed by atoms with E-state index in [1.807, 2.05) is 30.3 Å². The van der Waals surface area contributed by atoms with Crippen LogP contribution < -0.4 is 5.32 Å². The summed E-state index contributed by atoms with van der Waals surface area (Å²) in [6, 6.07) is 15.5. The summed E-state index contributed by atoms with van der Waals surface area (Å²) in [4.78, 5) is 24.4. The third-order valence-corrected chi connectivity index (χ3v) is 3.82. The Morgan fingerprint density at radius 2 is 1.46 bits per heavy atom. The van der Waals surface area contributed by atoms with Crippen molar-refractivity contribution in [3.05, 3.63) is 65.2 Å². The SMILES string of the molecule is COC(=O)C(C(=O)OC)[C@@H](Nc1ccc(Cl)cc1)c1ccccc1. The van der Waals surface area contributed by atoms with Crippen LogP contribution >= 0.6 is 11.6 Å². The quantitative estimate of drug-likeness (QED) is 0.640. The summed E-state index contributed by atoms with van der Waals surface area (Å²) in [5.41, 5.74) is 1.47.